The largest absolute Gasteiger partial charge is 0.395 e. The normalized spacial score (nSPS) is 18.6. The number of likely N-dealkylation sites (N-methyl/N-ethyl adjacent to an activating group) is 1. The Morgan fingerprint density at radius 2 is 1.74 bits per heavy atom. The number of rotatable bonds is 8. The first kappa shape index (κ1) is 28.9. The molecule has 2 aromatic carbocycles. The number of nitrogens with zero attached hydrogens (tertiary/aromatic N) is 3. The number of likely N-dealkylation sites (tertiary alicyclic amines) is 2. The van der Waals surface area contributed by atoms with Crippen LogP contribution in [0.1, 0.15) is 35.7 Å². The molecular weight excluding hydrogens is 551 g/mol. The molecule has 0 aromatic heterocycles. The number of nitrogens with one attached hydrogen (secondary N) is 1. The maximum atomic E-state index is 13.1. The molecule has 3 N–H and O–H groups in total. The second kappa shape index (κ2) is 12.0. The van der Waals surface area contributed by atoms with Crippen LogP contribution in [0.25, 0.3) is 0 Å². The first-order valence-corrected chi connectivity index (χ1v) is 13.8. The molecule has 0 unspecified atom stereocenters. The van der Waals surface area contributed by atoms with E-state index in [9.17, 15) is 14.7 Å². The highest BCUT2D eigenvalue weighted by Crippen LogP contribution is 2.32. The van der Waals surface area contributed by atoms with Gasteiger partial charge in [0, 0.05) is 56.5 Å². The van der Waals surface area contributed by atoms with Gasteiger partial charge >= 0.3 is 0 Å². The molecule has 38 heavy (non-hydrogen) atoms. The van der Waals surface area contributed by atoms with E-state index in [1.807, 2.05) is 0 Å². The summed E-state index contributed by atoms with van der Waals surface area (Å²) in [6, 6.07) is 10.8. The minimum Gasteiger partial charge on any atom is -0.395 e. The molecule has 8 nitrogen and oxygen atoms in total. The summed E-state index contributed by atoms with van der Waals surface area (Å²) in [5, 5.41) is 24.5. The van der Waals surface area contributed by atoms with Crippen LogP contribution in [0, 0.1) is 0 Å². The number of aliphatic hydroxyl groups is 2. The molecule has 0 saturated carbocycles. The van der Waals surface area contributed by atoms with Crippen LogP contribution in [0.15, 0.2) is 36.4 Å². The van der Waals surface area contributed by atoms with E-state index in [0.29, 0.717) is 29.7 Å². The van der Waals surface area contributed by atoms with Crippen molar-refractivity contribution in [1.82, 2.24) is 14.7 Å². The molecule has 0 aliphatic carbocycles. The second-order valence-electron chi connectivity index (χ2n) is 10.2. The second-order valence-corrected chi connectivity index (χ2v) is 11.4. The van der Waals surface area contributed by atoms with Gasteiger partial charge in [0.2, 0.25) is 0 Å². The summed E-state index contributed by atoms with van der Waals surface area (Å²) in [6.45, 7) is 4.42. The Labute approximate surface area is 238 Å². The fourth-order valence-corrected chi connectivity index (χ4v) is 5.94. The average molecular weight is 584 g/mol. The van der Waals surface area contributed by atoms with Gasteiger partial charge in [0.15, 0.2) is 5.60 Å². The Morgan fingerprint density at radius 3 is 2.32 bits per heavy atom. The topological polar surface area (TPSA) is 96.4 Å². The number of hydrogen-bond donors (Lipinski definition) is 3. The van der Waals surface area contributed by atoms with E-state index >= 15 is 0 Å². The minimum absolute atomic E-state index is 0.144. The van der Waals surface area contributed by atoms with Crippen LogP contribution in [0.3, 0.4) is 0 Å². The molecule has 2 fully saturated rings. The van der Waals surface area contributed by atoms with Crippen molar-refractivity contribution >= 4 is 52.3 Å². The number of amides is 2. The maximum absolute atomic E-state index is 13.1. The van der Waals surface area contributed by atoms with Crippen molar-refractivity contribution in [2.24, 2.45) is 0 Å². The van der Waals surface area contributed by atoms with Gasteiger partial charge in [-0.3, -0.25) is 14.5 Å². The predicted octanol–water partition coefficient (Wildman–Crippen LogP) is 3.71. The molecule has 11 heteroatoms. The quantitative estimate of drug-likeness (QED) is 0.439. The van der Waals surface area contributed by atoms with E-state index in [1.54, 1.807) is 48.3 Å². The van der Waals surface area contributed by atoms with Gasteiger partial charge < -0.3 is 25.3 Å². The maximum Gasteiger partial charge on any atom is 0.258 e. The number of benzene rings is 2. The van der Waals surface area contributed by atoms with Crippen LogP contribution in [0.2, 0.25) is 15.1 Å². The Morgan fingerprint density at radius 1 is 1.11 bits per heavy atom. The zero-order chi connectivity index (χ0) is 27.6. The number of anilines is 1. The molecule has 2 aromatic rings. The Balaban J connectivity index is 1.27. The van der Waals surface area contributed by atoms with E-state index in [0.717, 1.165) is 31.6 Å². The highest BCUT2D eigenvalue weighted by molar-refractivity contribution is 6.40. The zero-order valence-electron chi connectivity index (χ0n) is 21.5. The highest BCUT2D eigenvalue weighted by atomic mass is 35.5. The monoisotopic (exact) mass is 582 g/mol. The Hall–Kier alpha value is -2.07. The van der Waals surface area contributed by atoms with E-state index in [4.69, 9.17) is 39.9 Å². The van der Waals surface area contributed by atoms with Crippen LogP contribution in [-0.4, -0.2) is 95.2 Å². The number of carbonyl (C=O) groups is 2. The molecule has 2 aliphatic heterocycles. The van der Waals surface area contributed by atoms with Crippen molar-refractivity contribution in [2.75, 3.05) is 51.7 Å². The first-order chi connectivity index (χ1) is 18.0. The van der Waals surface area contributed by atoms with Crippen molar-refractivity contribution < 1.29 is 19.8 Å². The van der Waals surface area contributed by atoms with Gasteiger partial charge in [-0.15, -0.1) is 0 Å². The van der Waals surface area contributed by atoms with Crippen LogP contribution in [0.4, 0.5) is 5.69 Å². The summed E-state index contributed by atoms with van der Waals surface area (Å²) in [5.74, 6) is -0.645. The number of aliphatic hydroxyl groups excluding tert-OH is 1. The smallest absolute Gasteiger partial charge is 0.258 e. The van der Waals surface area contributed by atoms with Gasteiger partial charge in [-0.25, -0.2) is 0 Å². The summed E-state index contributed by atoms with van der Waals surface area (Å²) in [7, 11) is 1.59. The molecule has 0 radical (unpaired) electrons. The van der Waals surface area contributed by atoms with Crippen LogP contribution >= 0.6 is 34.8 Å². The zero-order valence-corrected chi connectivity index (χ0v) is 23.7. The molecule has 2 amide bonds. The first-order valence-electron chi connectivity index (χ1n) is 12.6. The van der Waals surface area contributed by atoms with E-state index in [-0.39, 0.29) is 46.6 Å². The number of carbonyl (C=O) groups excluding carboxylic acids is 2. The molecule has 4 rings (SSSR count). The molecule has 0 spiro atoms. The van der Waals surface area contributed by atoms with Gasteiger partial charge in [-0.1, -0.05) is 46.9 Å². The Kier molecular flexibility index (Phi) is 9.12. The number of hydrogen-bond acceptors (Lipinski definition) is 6. The summed E-state index contributed by atoms with van der Waals surface area (Å²) in [5.41, 5.74) is -0.167. The molecule has 206 valence electrons. The van der Waals surface area contributed by atoms with Gasteiger partial charge in [0.25, 0.3) is 11.8 Å². The van der Waals surface area contributed by atoms with Crippen LogP contribution in [-0.2, 0) is 10.4 Å². The van der Waals surface area contributed by atoms with E-state index in [2.05, 4.69) is 10.2 Å². The van der Waals surface area contributed by atoms with E-state index in [1.165, 1.54) is 11.8 Å². The third kappa shape index (κ3) is 6.22. The summed E-state index contributed by atoms with van der Waals surface area (Å²) < 4.78 is 0. The predicted molar refractivity (Wildman–Crippen MR) is 150 cm³/mol. The highest BCUT2D eigenvalue weighted by Gasteiger charge is 2.40. The SMILES string of the molecule is CN(CCO)C(=O)c1c(Cl)cc(NC2CN(C3CCN(C(=O)[C@@](C)(O)c4cccc(Cl)c4)CC3)C2)cc1Cl. The molecule has 2 aliphatic rings. The number of piperidine rings is 1. The lowest BCUT2D eigenvalue weighted by molar-refractivity contribution is -0.152. The third-order valence-electron chi connectivity index (χ3n) is 7.39. The van der Waals surface area contributed by atoms with Crippen molar-refractivity contribution in [1.29, 1.82) is 0 Å². The van der Waals surface area contributed by atoms with Crippen molar-refractivity contribution in [3.8, 4) is 0 Å². The van der Waals surface area contributed by atoms with Crippen molar-refractivity contribution in [2.45, 2.75) is 37.5 Å². The summed E-state index contributed by atoms with van der Waals surface area (Å²) in [6.07, 6.45) is 1.67. The molecule has 0 bridgehead atoms. The van der Waals surface area contributed by atoms with Gasteiger partial charge in [0.1, 0.15) is 0 Å². The molecule has 1 atom stereocenters. The summed E-state index contributed by atoms with van der Waals surface area (Å²) in [4.78, 5) is 31.2. The molecular formula is C27H33Cl3N4O4. The van der Waals surface area contributed by atoms with E-state index < -0.39 is 5.60 Å². The van der Waals surface area contributed by atoms with Gasteiger partial charge in [-0.05, 0) is 49.6 Å². The van der Waals surface area contributed by atoms with Crippen LogP contribution in [0.5, 0.6) is 0 Å². The standard InChI is InChI=1S/C27H33Cl3N4O4/c1-27(38,17-4-3-5-18(28)12-17)26(37)33-8-6-21(7-9-33)34-15-20(16-34)31-19-13-22(29)24(23(30)14-19)25(36)32(2)10-11-35/h3-5,12-14,20-21,31,35,38H,6-11,15-16H2,1-2H3/t27-/m0/s1. The fraction of sp³-hybridized carbons (Fsp3) is 0.481. The van der Waals surface area contributed by atoms with Crippen molar-refractivity contribution in [3.63, 3.8) is 0 Å². The number of halogens is 3. The lowest BCUT2D eigenvalue weighted by atomic mass is 9.92. The summed E-state index contributed by atoms with van der Waals surface area (Å²) >= 11 is 18.8. The third-order valence-corrected chi connectivity index (χ3v) is 8.22. The van der Waals surface area contributed by atoms with Gasteiger partial charge in [0.05, 0.1) is 28.3 Å². The van der Waals surface area contributed by atoms with Gasteiger partial charge in [-0.2, -0.15) is 0 Å². The van der Waals surface area contributed by atoms with Crippen molar-refractivity contribution in [3.05, 3.63) is 62.6 Å². The molecule has 2 heterocycles. The fourth-order valence-electron chi connectivity index (χ4n) is 5.10. The average Bonchev–Trinajstić information content (AvgIpc) is 2.85. The Bertz CT molecular complexity index is 1160. The lowest BCUT2D eigenvalue weighted by Crippen LogP contribution is -2.61. The van der Waals surface area contributed by atoms with Crippen LogP contribution < -0.4 is 5.32 Å². The minimum atomic E-state index is -1.62. The molecule has 2 saturated heterocycles. The lowest BCUT2D eigenvalue weighted by Gasteiger charge is -2.48.